The Morgan fingerprint density at radius 3 is 2.29 bits per heavy atom. The summed E-state index contributed by atoms with van der Waals surface area (Å²) in [5.74, 6) is 0.812. The Morgan fingerprint density at radius 2 is 1.88 bits per heavy atom. The van der Waals surface area contributed by atoms with Crippen LogP contribution in [0, 0.1) is 0 Å². The second-order valence-corrected chi connectivity index (χ2v) is 5.89. The SMILES string of the molecule is CCC(C)(O)CNc1ccc(C(C)(C)C)cn1. The van der Waals surface area contributed by atoms with E-state index in [1.807, 2.05) is 26.1 Å². The van der Waals surface area contributed by atoms with Crippen LogP contribution < -0.4 is 5.32 Å². The van der Waals surface area contributed by atoms with Gasteiger partial charge in [-0.05, 0) is 30.4 Å². The van der Waals surface area contributed by atoms with Crippen LogP contribution in [-0.2, 0) is 5.41 Å². The van der Waals surface area contributed by atoms with Gasteiger partial charge in [0.25, 0.3) is 0 Å². The Labute approximate surface area is 104 Å². The van der Waals surface area contributed by atoms with Crippen LogP contribution in [0.1, 0.15) is 46.6 Å². The van der Waals surface area contributed by atoms with Gasteiger partial charge in [0.15, 0.2) is 0 Å². The molecule has 0 radical (unpaired) electrons. The molecule has 2 N–H and O–H groups in total. The second kappa shape index (κ2) is 5.05. The Balaban J connectivity index is 2.64. The Morgan fingerprint density at radius 1 is 1.24 bits per heavy atom. The molecule has 3 nitrogen and oxygen atoms in total. The van der Waals surface area contributed by atoms with E-state index >= 15 is 0 Å². The van der Waals surface area contributed by atoms with Gasteiger partial charge in [-0.15, -0.1) is 0 Å². The third-order valence-corrected chi connectivity index (χ3v) is 3.04. The van der Waals surface area contributed by atoms with E-state index in [1.54, 1.807) is 0 Å². The minimum absolute atomic E-state index is 0.125. The maximum Gasteiger partial charge on any atom is 0.125 e. The average Bonchev–Trinajstić information content (AvgIpc) is 2.26. The fourth-order valence-electron chi connectivity index (χ4n) is 1.35. The molecule has 1 heterocycles. The molecule has 0 aliphatic carbocycles. The smallest absolute Gasteiger partial charge is 0.125 e. The summed E-state index contributed by atoms with van der Waals surface area (Å²) in [5, 5.41) is 13.0. The number of aromatic nitrogens is 1. The van der Waals surface area contributed by atoms with Crippen molar-refractivity contribution in [3.63, 3.8) is 0 Å². The number of rotatable bonds is 4. The average molecular weight is 236 g/mol. The molecule has 1 aromatic rings. The molecular weight excluding hydrogens is 212 g/mol. The number of nitrogens with zero attached hydrogens (tertiary/aromatic N) is 1. The lowest BCUT2D eigenvalue weighted by molar-refractivity contribution is 0.0696. The van der Waals surface area contributed by atoms with Crippen LogP contribution in [0.4, 0.5) is 5.82 Å². The van der Waals surface area contributed by atoms with Crippen LogP contribution in [-0.4, -0.2) is 22.2 Å². The molecule has 0 aromatic carbocycles. The summed E-state index contributed by atoms with van der Waals surface area (Å²) in [6.07, 6.45) is 2.61. The first kappa shape index (κ1) is 14.0. The predicted molar refractivity (Wildman–Crippen MR) is 72.3 cm³/mol. The van der Waals surface area contributed by atoms with Crippen LogP contribution in [0.5, 0.6) is 0 Å². The van der Waals surface area contributed by atoms with Crippen molar-refractivity contribution in [3.8, 4) is 0 Å². The van der Waals surface area contributed by atoms with Crippen molar-refractivity contribution < 1.29 is 5.11 Å². The normalized spacial score (nSPS) is 15.4. The number of pyridine rings is 1. The summed E-state index contributed by atoms with van der Waals surface area (Å²) >= 11 is 0. The molecule has 0 aliphatic rings. The fourth-order valence-corrected chi connectivity index (χ4v) is 1.35. The van der Waals surface area contributed by atoms with Crippen molar-refractivity contribution in [1.29, 1.82) is 0 Å². The van der Waals surface area contributed by atoms with Gasteiger partial charge in [0.2, 0.25) is 0 Å². The lowest BCUT2D eigenvalue weighted by atomic mass is 9.88. The molecule has 0 aliphatic heterocycles. The summed E-state index contributed by atoms with van der Waals surface area (Å²) in [4.78, 5) is 4.36. The summed E-state index contributed by atoms with van der Waals surface area (Å²) in [7, 11) is 0. The van der Waals surface area contributed by atoms with Gasteiger partial charge in [0, 0.05) is 12.7 Å². The zero-order chi connectivity index (χ0) is 13.1. The van der Waals surface area contributed by atoms with Gasteiger partial charge in [-0.1, -0.05) is 33.8 Å². The minimum Gasteiger partial charge on any atom is -0.388 e. The van der Waals surface area contributed by atoms with E-state index < -0.39 is 5.60 Å². The van der Waals surface area contributed by atoms with Crippen LogP contribution >= 0.6 is 0 Å². The van der Waals surface area contributed by atoms with Crippen LogP contribution in [0.2, 0.25) is 0 Å². The maximum atomic E-state index is 9.88. The first-order valence-corrected chi connectivity index (χ1v) is 6.17. The summed E-state index contributed by atoms with van der Waals surface area (Å²) in [5.41, 5.74) is 0.662. The van der Waals surface area contributed by atoms with Gasteiger partial charge in [-0.2, -0.15) is 0 Å². The molecule has 0 saturated carbocycles. The zero-order valence-electron chi connectivity index (χ0n) is 11.5. The molecule has 96 valence electrons. The summed E-state index contributed by atoms with van der Waals surface area (Å²) in [6.45, 7) is 10.8. The van der Waals surface area contributed by atoms with Crippen molar-refractivity contribution in [1.82, 2.24) is 4.98 Å². The standard InChI is InChI=1S/C14H24N2O/c1-6-14(5,17)10-16-12-8-7-11(9-15-12)13(2,3)4/h7-9,17H,6,10H2,1-5H3,(H,15,16). The topological polar surface area (TPSA) is 45.1 Å². The quantitative estimate of drug-likeness (QED) is 0.845. The molecule has 1 rings (SSSR count). The first-order chi connectivity index (χ1) is 7.74. The third kappa shape index (κ3) is 4.35. The minimum atomic E-state index is -0.676. The molecular formula is C14H24N2O. The molecule has 0 amide bonds. The lowest BCUT2D eigenvalue weighted by Gasteiger charge is -2.22. The second-order valence-electron chi connectivity index (χ2n) is 5.89. The summed E-state index contributed by atoms with van der Waals surface area (Å²) < 4.78 is 0. The van der Waals surface area contributed by atoms with Crippen molar-refractivity contribution >= 4 is 5.82 Å². The van der Waals surface area contributed by atoms with Gasteiger partial charge < -0.3 is 10.4 Å². The molecule has 0 fully saturated rings. The molecule has 0 saturated heterocycles. The number of hydrogen-bond donors (Lipinski definition) is 2. The Hall–Kier alpha value is -1.09. The van der Waals surface area contributed by atoms with E-state index in [0.29, 0.717) is 6.54 Å². The monoisotopic (exact) mass is 236 g/mol. The highest BCUT2D eigenvalue weighted by molar-refractivity contribution is 5.37. The molecule has 17 heavy (non-hydrogen) atoms. The third-order valence-electron chi connectivity index (χ3n) is 3.04. The Kier molecular flexibility index (Phi) is 4.15. The van der Waals surface area contributed by atoms with Crippen molar-refractivity contribution in [2.45, 2.75) is 52.1 Å². The largest absolute Gasteiger partial charge is 0.388 e. The van der Waals surface area contributed by atoms with Crippen molar-refractivity contribution in [2.75, 3.05) is 11.9 Å². The predicted octanol–water partition coefficient (Wildman–Crippen LogP) is 2.95. The molecule has 0 bridgehead atoms. The van der Waals surface area contributed by atoms with Gasteiger partial charge in [0.05, 0.1) is 5.60 Å². The maximum absolute atomic E-state index is 9.88. The molecule has 1 atom stereocenters. The Bertz CT molecular complexity index is 349. The van der Waals surface area contributed by atoms with Gasteiger partial charge in [-0.3, -0.25) is 0 Å². The van der Waals surface area contributed by atoms with E-state index in [9.17, 15) is 5.11 Å². The lowest BCUT2D eigenvalue weighted by Crippen LogP contribution is -2.32. The van der Waals surface area contributed by atoms with Crippen LogP contribution in [0.15, 0.2) is 18.3 Å². The zero-order valence-corrected chi connectivity index (χ0v) is 11.5. The summed E-state index contributed by atoms with van der Waals surface area (Å²) in [6, 6.07) is 4.04. The highest BCUT2D eigenvalue weighted by atomic mass is 16.3. The van der Waals surface area contributed by atoms with Crippen molar-refractivity contribution in [3.05, 3.63) is 23.9 Å². The molecule has 1 aromatic heterocycles. The van der Waals surface area contributed by atoms with Crippen molar-refractivity contribution in [2.24, 2.45) is 0 Å². The van der Waals surface area contributed by atoms with E-state index in [0.717, 1.165) is 12.2 Å². The van der Waals surface area contributed by atoms with Gasteiger partial charge >= 0.3 is 0 Å². The number of anilines is 1. The first-order valence-electron chi connectivity index (χ1n) is 6.17. The fraction of sp³-hybridized carbons (Fsp3) is 0.643. The molecule has 3 heteroatoms. The van der Waals surface area contributed by atoms with Gasteiger partial charge in [0.1, 0.15) is 5.82 Å². The van der Waals surface area contributed by atoms with E-state index in [-0.39, 0.29) is 5.41 Å². The van der Waals surface area contributed by atoms with Gasteiger partial charge in [-0.25, -0.2) is 4.98 Å². The van der Waals surface area contributed by atoms with Crippen LogP contribution in [0.3, 0.4) is 0 Å². The molecule has 0 spiro atoms. The van der Waals surface area contributed by atoms with E-state index in [4.69, 9.17) is 0 Å². The van der Waals surface area contributed by atoms with E-state index in [1.165, 1.54) is 5.56 Å². The highest BCUT2D eigenvalue weighted by Crippen LogP contribution is 2.22. The molecule has 1 unspecified atom stereocenters. The van der Waals surface area contributed by atoms with E-state index in [2.05, 4.69) is 37.1 Å². The highest BCUT2D eigenvalue weighted by Gasteiger charge is 2.17. The number of nitrogens with one attached hydrogen (secondary N) is 1. The van der Waals surface area contributed by atoms with Crippen LogP contribution in [0.25, 0.3) is 0 Å². The number of hydrogen-bond acceptors (Lipinski definition) is 3. The number of aliphatic hydroxyl groups is 1.